The maximum absolute atomic E-state index is 5.70. The summed E-state index contributed by atoms with van der Waals surface area (Å²) >= 11 is 0. The lowest BCUT2D eigenvalue weighted by molar-refractivity contribution is 0.0385. The van der Waals surface area contributed by atoms with E-state index < -0.39 is 0 Å². The minimum atomic E-state index is -0.0516. The highest BCUT2D eigenvalue weighted by Gasteiger charge is 2.36. The fraction of sp³-hybridized carbons (Fsp3) is 0.462. The molecule has 1 fully saturated rings. The third kappa shape index (κ3) is 2.58. The van der Waals surface area contributed by atoms with Crippen molar-refractivity contribution in [2.75, 3.05) is 12.3 Å². The largest absolute Gasteiger partial charge is 0.384 e. The molecule has 0 amide bonds. The van der Waals surface area contributed by atoms with Crippen molar-refractivity contribution in [2.24, 2.45) is 5.92 Å². The average Bonchev–Trinajstić information content (AvgIpc) is 3.14. The Kier molecular flexibility index (Phi) is 3.16. The maximum atomic E-state index is 5.70. The zero-order valence-corrected chi connectivity index (χ0v) is 10.7. The van der Waals surface area contributed by atoms with Crippen molar-refractivity contribution < 1.29 is 9.26 Å². The standard InChI is InChI=1S/C13H16N4O2/c1-2-18-11(8-3-4-8)12-16-13(19-17-12)9-5-6-10(14)15-7-9/h5-8,11H,2-4H2,1H3,(H2,14,15). The molecule has 0 saturated heterocycles. The third-order valence-corrected chi connectivity index (χ3v) is 3.13. The smallest absolute Gasteiger partial charge is 0.259 e. The molecule has 0 radical (unpaired) electrons. The first-order valence-electron chi connectivity index (χ1n) is 6.45. The monoisotopic (exact) mass is 260 g/mol. The zero-order chi connectivity index (χ0) is 13.2. The summed E-state index contributed by atoms with van der Waals surface area (Å²) in [7, 11) is 0. The van der Waals surface area contributed by atoms with Gasteiger partial charge in [0.1, 0.15) is 11.9 Å². The van der Waals surface area contributed by atoms with Crippen LogP contribution < -0.4 is 5.73 Å². The Hall–Kier alpha value is -1.95. The van der Waals surface area contributed by atoms with Crippen molar-refractivity contribution in [3.05, 3.63) is 24.2 Å². The third-order valence-electron chi connectivity index (χ3n) is 3.13. The number of anilines is 1. The van der Waals surface area contributed by atoms with Crippen LogP contribution in [0.3, 0.4) is 0 Å². The molecule has 100 valence electrons. The van der Waals surface area contributed by atoms with Gasteiger partial charge >= 0.3 is 0 Å². The number of nitrogen functional groups attached to an aromatic ring is 1. The molecule has 0 aromatic carbocycles. The first-order valence-corrected chi connectivity index (χ1v) is 6.45. The number of nitrogens with two attached hydrogens (primary N) is 1. The Balaban J connectivity index is 1.83. The summed E-state index contributed by atoms with van der Waals surface area (Å²) in [6.07, 6.45) is 3.90. The number of hydrogen-bond donors (Lipinski definition) is 1. The van der Waals surface area contributed by atoms with Gasteiger partial charge in [-0.25, -0.2) is 4.98 Å². The van der Waals surface area contributed by atoms with Crippen LogP contribution in [0.2, 0.25) is 0 Å². The van der Waals surface area contributed by atoms with Crippen molar-refractivity contribution in [3.8, 4) is 11.5 Å². The SMILES string of the molecule is CCOC(c1noc(-c2ccc(N)nc2)n1)C1CC1. The van der Waals surface area contributed by atoms with Crippen molar-refractivity contribution in [3.63, 3.8) is 0 Å². The zero-order valence-electron chi connectivity index (χ0n) is 10.7. The van der Waals surface area contributed by atoms with Gasteiger partial charge in [-0.05, 0) is 37.8 Å². The van der Waals surface area contributed by atoms with Crippen LogP contribution in [0.15, 0.2) is 22.9 Å². The molecule has 6 nitrogen and oxygen atoms in total. The molecule has 3 rings (SSSR count). The second-order valence-corrected chi connectivity index (χ2v) is 4.64. The summed E-state index contributed by atoms with van der Waals surface area (Å²) in [5.74, 6) is 2.06. The van der Waals surface area contributed by atoms with Gasteiger partial charge in [0.2, 0.25) is 5.82 Å². The van der Waals surface area contributed by atoms with Gasteiger partial charge in [-0.3, -0.25) is 0 Å². The quantitative estimate of drug-likeness (QED) is 0.886. The van der Waals surface area contributed by atoms with Gasteiger partial charge < -0.3 is 15.0 Å². The van der Waals surface area contributed by atoms with Crippen molar-refractivity contribution in [2.45, 2.75) is 25.9 Å². The fourth-order valence-corrected chi connectivity index (χ4v) is 2.00. The first-order chi connectivity index (χ1) is 9.28. The number of hydrogen-bond acceptors (Lipinski definition) is 6. The number of nitrogens with zero attached hydrogens (tertiary/aromatic N) is 3. The van der Waals surface area contributed by atoms with Crippen molar-refractivity contribution in [1.29, 1.82) is 0 Å². The van der Waals surface area contributed by atoms with Crippen LogP contribution in [-0.2, 0) is 4.74 Å². The molecule has 6 heteroatoms. The van der Waals surface area contributed by atoms with E-state index in [0.717, 1.165) is 18.4 Å². The van der Waals surface area contributed by atoms with E-state index in [1.807, 2.05) is 13.0 Å². The van der Waals surface area contributed by atoms with Gasteiger partial charge in [0.05, 0.1) is 5.56 Å². The Bertz CT molecular complexity index is 548. The van der Waals surface area contributed by atoms with Crippen LogP contribution in [0.1, 0.15) is 31.7 Å². The lowest BCUT2D eigenvalue weighted by Gasteiger charge is -2.10. The van der Waals surface area contributed by atoms with E-state index in [1.54, 1.807) is 12.3 Å². The molecule has 1 unspecified atom stereocenters. The molecule has 1 aliphatic carbocycles. The van der Waals surface area contributed by atoms with Gasteiger partial charge in [-0.2, -0.15) is 4.98 Å². The minimum absolute atomic E-state index is 0.0516. The summed E-state index contributed by atoms with van der Waals surface area (Å²) in [5.41, 5.74) is 6.31. The summed E-state index contributed by atoms with van der Waals surface area (Å²) in [4.78, 5) is 8.42. The average molecular weight is 260 g/mol. The normalized spacial score (nSPS) is 16.5. The molecule has 2 heterocycles. The van der Waals surface area contributed by atoms with Gasteiger partial charge in [0.15, 0.2) is 0 Å². The molecular formula is C13H16N4O2. The van der Waals surface area contributed by atoms with E-state index >= 15 is 0 Å². The van der Waals surface area contributed by atoms with Crippen LogP contribution in [-0.4, -0.2) is 21.7 Å². The lowest BCUT2D eigenvalue weighted by atomic mass is 10.2. The summed E-state index contributed by atoms with van der Waals surface area (Å²) < 4.78 is 11.0. The van der Waals surface area contributed by atoms with E-state index in [2.05, 4.69) is 15.1 Å². The molecule has 2 aromatic rings. The van der Waals surface area contributed by atoms with Gasteiger partial charge in [0.25, 0.3) is 5.89 Å². The second-order valence-electron chi connectivity index (χ2n) is 4.64. The van der Waals surface area contributed by atoms with E-state index in [9.17, 15) is 0 Å². The number of pyridine rings is 1. The number of rotatable bonds is 5. The predicted molar refractivity (Wildman–Crippen MR) is 69.0 cm³/mol. The number of ether oxygens (including phenoxy) is 1. The van der Waals surface area contributed by atoms with Crippen LogP contribution in [0.4, 0.5) is 5.82 Å². The highest BCUT2D eigenvalue weighted by molar-refractivity contribution is 5.53. The fourth-order valence-electron chi connectivity index (χ4n) is 2.00. The molecule has 2 aromatic heterocycles. The molecule has 1 atom stereocenters. The number of aromatic nitrogens is 3. The molecule has 1 aliphatic rings. The van der Waals surface area contributed by atoms with Gasteiger partial charge in [-0.1, -0.05) is 5.16 Å². The minimum Gasteiger partial charge on any atom is -0.384 e. The van der Waals surface area contributed by atoms with E-state index in [4.69, 9.17) is 15.0 Å². The van der Waals surface area contributed by atoms with Crippen LogP contribution in [0, 0.1) is 5.92 Å². The molecule has 0 spiro atoms. The highest BCUT2D eigenvalue weighted by Crippen LogP contribution is 2.42. The Morgan fingerprint density at radius 2 is 2.32 bits per heavy atom. The summed E-state index contributed by atoms with van der Waals surface area (Å²) in [6.45, 7) is 2.62. The Morgan fingerprint density at radius 3 is 2.95 bits per heavy atom. The lowest BCUT2D eigenvalue weighted by Crippen LogP contribution is -2.08. The molecule has 2 N–H and O–H groups in total. The van der Waals surface area contributed by atoms with Gasteiger partial charge in [-0.15, -0.1) is 0 Å². The molecule has 0 bridgehead atoms. The highest BCUT2D eigenvalue weighted by atomic mass is 16.5. The van der Waals surface area contributed by atoms with Crippen molar-refractivity contribution >= 4 is 5.82 Å². The van der Waals surface area contributed by atoms with E-state index in [-0.39, 0.29) is 6.10 Å². The maximum Gasteiger partial charge on any atom is 0.259 e. The first kappa shape index (κ1) is 12.1. The van der Waals surface area contributed by atoms with Gasteiger partial charge in [0, 0.05) is 12.8 Å². The van der Waals surface area contributed by atoms with E-state index in [1.165, 1.54) is 0 Å². The predicted octanol–water partition coefficient (Wildman–Crippen LogP) is 2.20. The van der Waals surface area contributed by atoms with Crippen LogP contribution in [0.25, 0.3) is 11.5 Å². The molecule has 19 heavy (non-hydrogen) atoms. The van der Waals surface area contributed by atoms with E-state index in [0.29, 0.717) is 30.1 Å². The Morgan fingerprint density at radius 1 is 1.47 bits per heavy atom. The second kappa shape index (κ2) is 4.97. The molecular weight excluding hydrogens is 244 g/mol. The Labute approximate surface area is 111 Å². The molecule has 0 aliphatic heterocycles. The topological polar surface area (TPSA) is 87.1 Å². The van der Waals surface area contributed by atoms with Crippen LogP contribution >= 0.6 is 0 Å². The van der Waals surface area contributed by atoms with Crippen LogP contribution in [0.5, 0.6) is 0 Å². The summed E-state index contributed by atoms with van der Waals surface area (Å²) in [6, 6.07) is 3.52. The molecule has 1 saturated carbocycles. The summed E-state index contributed by atoms with van der Waals surface area (Å²) in [5, 5.41) is 4.03. The van der Waals surface area contributed by atoms with Crippen molar-refractivity contribution in [1.82, 2.24) is 15.1 Å².